The summed E-state index contributed by atoms with van der Waals surface area (Å²) < 4.78 is 54.9. The zero-order valence-corrected chi connectivity index (χ0v) is 19.7. The van der Waals surface area contributed by atoms with Gasteiger partial charge in [0.1, 0.15) is 11.5 Å². The third kappa shape index (κ3) is 5.89. The van der Waals surface area contributed by atoms with E-state index in [1.54, 1.807) is 13.8 Å². The molecule has 6 nitrogen and oxygen atoms in total. The van der Waals surface area contributed by atoms with Crippen LogP contribution in [0.25, 0.3) is 11.5 Å². The Morgan fingerprint density at radius 1 is 1.09 bits per heavy atom. The minimum absolute atomic E-state index is 0.158. The lowest BCUT2D eigenvalue weighted by Gasteiger charge is -2.21. The molecule has 2 aromatic carbocycles. The number of oxazole rings is 1. The van der Waals surface area contributed by atoms with E-state index in [1.807, 2.05) is 37.9 Å². The van der Waals surface area contributed by atoms with E-state index in [-0.39, 0.29) is 12.5 Å². The molecule has 0 N–H and O–H groups in total. The third-order valence-corrected chi connectivity index (χ3v) is 5.26. The lowest BCUT2D eigenvalue weighted by Crippen LogP contribution is -2.18. The van der Waals surface area contributed by atoms with Gasteiger partial charge >= 0.3 is 12.1 Å². The van der Waals surface area contributed by atoms with Crippen LogP contribution in [0.4, 0.5) is 18.9 Å². The number of carbonyl (C=O) groups is 1. The second-order valence-corrected chi connectivity index (χ2v) is 7.96. The predicted molar refractivity (Wildman–Crippen MR) is 122 cm³/mol. The number of anilines is 1. The van der Waals surface area contributed by atoms with Crippen molar-refractivity contribution in [3.05, 3.63) is 64.5 Å². The number of ether oxygens (including phenoxy) is 2. The number of esters is 1. The SMILES string of the molecule is CCOC(=O)COc1c(C)cc(N(C)Cc2oc(-c3ccc(C(F)(F)F)cc3)nc2C)cc1C. The van der Waals surface area contributed by atoms with Gasteiger partial charge in [-0.15, -0.1) is 0 Å². The molecule has 0 fully saturated rings. The molecular formula is C25H27F3N2O4. The Labute approximate surface area is 196 Å². The summed E-state index contributed by atoms with van der Waals surface area (Å²) in [6.07, 6.45) is -4.39. The topological polar surface area (TPSA) is 64.8 Å². The molecule has 9 heteroatoms. The van der Waals surface area contributed by atoms with E-state index < -0.39 is 17.7 Å². The van der Waals surface area contributed by atoms with Gasteiger partial charge < -0.3 is 18.8 Å². The van der Waals surface area contributed by atoms with Crippen molar-refractivity contribution in [3.8, 4) is 17.2 Å². The first kappa shape index (κ1) is 25.1. The number of hydrogen-bond acceptors (Lipinski definition) is 6. The van der Waals surface area contributed by atoms with Gasteiger partial charge in [0.05, 0.1) is 24.4 Å². The second kappa shape index (κ2) is 10.2. The summed E-state index contributed by atoms with van der Waals surface area (Å²) in [7, 11) is 1.90. The Hall–Kier alpha value is -3.49. The van der Waals surface area contributed by atoms with Gasteiger partial charge in [-0.25, -0.2) is 9.78 Å². The Kier molecular flexibility index (Phi) is 7.54. The Bertz CT molecular complexity index is 1130. The van der Waals surface area contributed by atoms with Crippen molar-refractivity contribution >= 4 is 11.7 Å². The van der Waals surface area contributed by atoms with Crippen molar-refractivity contribution in [2.24, 2.45) is 0 Å². The zero-order chi connectivity index (χ0) is 25.0. The second-order valence-electron chi connectivity index (χ2n) is 7.96. The molecule has 0 saturated heterocycles. The first-order valence-electron chi connectivity index (χ1n) is 10.7. The molecule has 0 saturated carbocycles. The van der Waals surface area contributed by atoms with Gasteiger partial charge in [0.25, 0.3) is 0 Å². The molecule has 0 atom stereocenters. The molecule has 0 bridgehead atoms. The van der Waals surface area contributed by atoms with Gasteiger partial charge in [0.15, 0.2) is 6.61 Å². The van der Waals surface area contributed by atoms with Crippen LogP contribution < -0.4 is 9.64 Å². The van der Waals surface area contributed by atoms with Gasteiger partial charge in [0, 0.05) is 18.3 Å². The highest BCUT2D eigenvalue weighted by Gasteiger charge is 2.30. The van der Waals surface area contributed by atoms with Crippen molar-refractivity contribution in [1.82, 2.24) is 4.98 Å². The molecule has 0 spiro atoms. The summed E-state index contributed by atoms with van der Waals surface area (Å²) >= 11 is 0. The predicted octanol–water partition coefficient (Wildman–Crippen LogP) is 5.86. The summed E-state index contributed by atoms with van der Waals surface area (Å²) in [6.45, 7) is 7.87. The van der Waals surface area contributed by atoms with Crippen LogP contribution in [0.3, 0.4) is 0 Å². The summed E-state index contributed by atoms with van der Waals surface area (Å²) in [5.74, 6) is 1.08. The van der Waals surface area contributed by atoms with Crippen LogP contribution in [0.1, 0.15) is 35.1 Å². The average molecular weight is 476 g/mol. The highest BCUT2D eigenvalue weighted by Crippen LogP contribution is 2.32. The number of alkyl halides is 3. The van der Waals surface area contributed by atoms with Crippen LogP contribution in [0.5, 0.6) is 5.75 Å². The van der Waals surface area contributed by atoms with Gasteiger partial charge in [-0.1, -0.05) is 0 Å². The summed E-state index contributed by atoms with van der Waals surface area (Å²) in [5, 5.41) is 0. The quantitative estimate of drug-likeness (QED) is 0.379. The van der Waals surface area contributed by atoms with E-state index in [4.69, 9.17) is 13.9 Å². The Balaban J connectivity index is 1.74. The number of nitrogens with zero attached hydrogens (tertiary/aromatic N) is 2. The molecule has 1 aromatic heterocycles. The summed E-state index contributed by atoms with van der Waals surface area (Å²) in [6, 6.07) is 8.61. The molecule has 3 aromatic rings. The molecule has 182 valence electrons. The van der Waals surface area contributed by atoms with E-state index >= 15 is 0 Å². The van der Waals surface area contributed by atoms with Gasteiger partial charge in [-0.3, -0.25) is 0 Å². The maximum Gasteiger partial charge on any atom is 0.416 e. The van der Waals surface area contributed by atoms with E-state index in [1.165, 1.54) is 12.1 Å². The molecular weight excluding hydrogens is 449 g/mol. The normalized spacial score (nSPS) is 11.4. The highest BCUT2D eigenvalue weighted by atomic mass is 19.4. The highest BCUT2D eigenvalue weighted by molar-refractivity contribution is 5.71. The fourth-order valence-electron chi connectivity index (χ4n) is 3.52. The maximum absolute atomic E-state index is 12.8. The van der Waals surface area contributed by atoms with E-state index in [2.05, 4.69) is 4.98 Å². The van der Waals surface area contributed by atoms with Crippen LogP contribution in [0.2, 0.25) is 0 Å². The maximum atomic E-state index is 12.8. The molecule has 0 aliphatic rings. The Morgan fingerprint density at radius 3 is 2.26 bits per heavy atom. The molecule has 0 amide bonds. The van der Waals surface area contributed by atoms with Crippen LogP contribution in [-0.2, 0) is 22.3 Å². The largest absolute Gasteiger partial charge is 0.481 e. The summed E-state index contributed by atoms with van der Waals surface area (Å²) in [4.78, 5) is 18.0. The Morgan fingerprint density at radius 2 is 1.71 bits per heavy atom. The fraction of sp³-hybridized carbons (Fsp3) is 0.360. The summed E-state index contributed by atoms with van der Waals surface area (Å²) in [5.41, 5.74) is 3.05. The molecule has 0 aliphatic heterocycles. The smallest absolute Gasteiger partial charge is 0.416 e. The number of aryl methyl sites for hydroxylation is 3. The number of halogens is 3. The number of aromatic nitrogens is 1. The minimum Gasteiger partial charge on any atom is -0.481 e. The van der Waals surface area contributed by atoms with Crippen LogP contribution in [0.15, 0.2) is 40.8 Å². The van der Waals surface area contributed by atoms with Crippen molar-refractivity contribution in [2.45, 2.75) is 40.4 Å². The number of hydrogen-bond donors (Lipinski definition) is 0. The standard InChI is InChI=1S/C25H27F3N2O4/c1-6-32-22(31)14-33-23-15(2)11-20(12-16(23)3)30(5)13-21-17(4)29-24(34-21)18-7-9-19(10-8-18)25(26,27)28/h7-12H,6,13-14H2,1-5H3. The third-order valence-electron chi connectivity index (χ3n) is 5.26. The van der Waals surface area contributed by atoms with Crippen molar-refractivity contribution in [3.63, 3.8) is 0 Å². The van der Waals surface area contributed by atoms with Crippen LogP contribution >= 0.6 is 0 Å². The lowest BCUT2D eigenvalue weighted by atomic mass is 10.1. The fourth-order valence-corrected chi connectivity index (χ4v) is 3.52. The molecule has 0 radical (unpaired) electrons. The lowest BCUT2D eigenvalue weighted by molar-refractivity contribution is -0.145. The minimum atomic E-state index is -4.39. The molecule has 34 heavy (non-hydrogen) atoms. The monoisotopic (exact) mass is 476 g/mol. The van der Waals surface area contributed by atoms with Crippen LogP contribution in [0, 0.1) is 20.8 Å². The van der Waals surface area contributed by atoms with Gasteiger partial charge in [0.2, 0.25) is 5.89 Å². The van der Waals surface area contributed by atoms with Crippen molar-refractivity contribution < 1.29 is 31.9 Å². The molecule has 1 heterocycles. The van der Waals surface area contributed by atoms with Crippen molar-refractivity contribution in [2.75, 3.05) is 25.2 Å². The van der Waals surface area contributed by atoms with Gasteiger partial charge in [-0.05, 0) is 75.2 Å². The molecule has 3 rings (SSSR count). The average Bonchev–Trinajstić information content (AvgIpc) is 3.13. The number of rotatable bonds is 8. The number of benzene rings is 2. The number of carbonyl (C=O) groups excluding carboxylic acids is 1. The van der Waals surface area contributed by atoms with E-state index in [0.29, 0.717) is 35.9 Å². The zero-order valence-electron chi connectivity index (χ0n) is 19.7. The first-order chi connectivity index (χ1) is 16.0. The molecule has 0 unspecified atom stereocenters. The van der Waals surface area contributed by atoms with Gasteiger partial charge in [-0.2, -0.15) is 13.2 Å². The molecule has 0 aliphatic carbocycles. The van der Waals surface area contributed by atoms with E-state index in [9.17, 15) is 18.0 Å². The van der Waals surface area contributed by atoms with Crippen molar-refractivity contribution in [1.29, 1.82) is 0 Å². The van der Waals surface area contributed by atoms with E-state index in [0.717, 1.165) is 28.9 Å². The van der Waals surface area contributed by atoms with Crippen LogP contribution in [-0.4, -0.2) is 31.2 Å². The first-order valence-corrected chi connectivity index (χ1v) is 10.7.